The standard InChI is InChI=1S/C14H13ClFNO/c1-8-6-9(2-4-17-8)11-7-12(16)13(15)10-3-5-18-14(10)11/h2-3,5,7-8,17H,4,6H2,1H3. The molecule has 1 unspecified atom stereocenters. The Morgan fingerprint density at radius 2 is 2.33 bits per heavy atom. The Bertz CT molecular complexity index is 632. The molecule has 2 nitrogen and oxygen atoms in total. The number of nitrogens with one attached hydrogen (secondary N) is 1. The molecule has 0 amide bonds. The van der Waals surface area contributed by atoms with Crippen LogP contribution < -0.4 is 5.32 Å². The lowest BCUT2D eigenvalue weighted by Gasteiger charge is -2.21. The molecule has 1 aliphatic heterocycles. The van der Waals surface area contributed by atoms with Crippen LogP contribution in [0.3, 0.4) is 0 Å². The molecular formula is C14H13ClFNO. The first-order chi connectivity index (χ1) is 8.66. The van der Waals surface area contributed by atoms with Crippen molar-refractivity contribution in [2.75, 3.05) is 6.54 Å². The van der Waals surface area contributed by atoms with Crippen LogP contribution in [-0.2, 0) is 0 Å². The second-order valence-electron chi connectivity index (χ2n) is 4.63. The highest BCUT2D eigenvalue weighted by atomic mass is 35.5. The first-order valence-corrected chi connectivity index (χ1v) is 6.32. The van der Waals surface area contributed by atoms with E-state index in [2.05, 4.69) is 18.3 Å². The van der Waals surface area contributed by atoms with Gasteiger partial charge in [-0.15, -0.1) is 0 Å². The van der Waals surface area contributed by atoms with E-state index in [-0.39, 0.29) is 5.02 Å². The molecule has 1 aromatic carbocycles. The summed E-state index contributed by atoms with van der Waals surface area (Å²) in [5.74, 6) is -0.396. The predicted octanol–water partition coefficient (Wildman–Crippen LogP) is 3.99. The van der Waals surface area contributed by atoms with Crippen LogP contribution in [0.1, 0.15) is 18.9 Å². The highest BCUT2D eigenvalue weighted by molar-refractivity contribution is 6.35. The van der Waals surface area contributed by atoms with Crippen LogP contribution in [0.15, 0.2) is 28.9 Å². The molecule has 0 bridgehead atoms. The number of rotatable bonds is 1. The minimum atomic E-state index is -0.396. The van der Waals surface area contributed by atoms with E-state index < -0.39 is 5.82 Å². The summed E-state index contributed by atoms with van der Waals surface area (Å²) in [7, 11) is 0. The molecule has 0 aliphatic carbocycles. The number of furan rings is 1. The molecule has 1 aromatic heterocycles. The molecule has 4 heteroatoms. The maximum Gasteiger partial charge on any atom is 0.143 e. The molecule has 18 heavy (non-hydrogen) atoms. The second-order valence-corrected chi connectivity index (χ2v) is 5.00. The van der Waals surface area contributed by atoms with E-state index in [4.69, 9.17) is 16.0 Å². The smallest absolute Gasteiger partial charge is 0.143 e. The first kappa shape index (κ1) is 11.8. The van der Waals surface area contributed by atoms with E-state index in [9.17, 15) is 4.39 Å². The Kier molecular flexibility index (Phi) is 2.88. The zero-order valence-corrected chi connectivity index (χ0v) is 10.7. The molecule has 0 radical (unpaired) electrons. The zero-order chi connectivity index (χ0) is 12.7. The first-order valence-electron chi connectivity index (χ1n) is 5.95. The zero-order valence-electron chi connectivity index (χ0n) is 9.97. The van der Waals surface area contributed by atoms with Crippen molar-refractivity contribution in [1.29, 1.82) is 0 Å². The van der Waals surface area contributed by atoms with Crippen molar-refractivity contribution in [1.82, 2.24) is 5.32 Å². The molecule has 1 N–H and O–H groups in total. The van der Waals surface area contributed by atoms with Crippen LogP contribution in [-0.4, -0.2) is 12.6 Å². The number of hydrogen-bond donors (Lipinski definition) is 1. The van der Waals surface area contributed by atoms with E-state index >= 15 is 0 Å². The summed E-state index contributed by atoms with van der Waals surface area (Å²) in [4.78, 5) is 0. The Balaban J connectivity index is 2.20. The monoisotopic (exact) mass is 265 g/mol. The SMILES string of the molecule is CC1CC(c2cc(F)c(Cl)c3ccoc23)=CCN1. The van der Waals surface area contributed by atoms with E-state index in [1.165, 1.54) is 6.07 Å². The molecule has 94 valence electrons. The number of benzene rings is 1. The minimum absolute atomic E-state index is 0.130. The Hall–Kier alpha value is -1.32. The lowest BCUT2D eigenvalue weighted by Crippen LogP contribution is -2.29. The molecule has 0 saturated heterocycles. The van der Waals surface area contributed by atoms with Gasteiger partial charge in [0.2, 0.25) is 0 Å². The maximum absolute atomic E-state index is 13.8. The Morgan fingerprint density at radius 3 is 3.11 bits per heavy atom. The van der Waals surface area contributed by atoms with Crippen LogP contribution in [0, 0.1) is 5.82 Å². The molecule has 1 aliphatic rings. The second kappa shape index (κ2) is 4.41. The minimum Gasteiger partial charge on any atom is -0.464 e. The summed E-state index contributed by atoms with van der Waals surface area (Å²) in [5.41, 5.74) is 2.59. The van der Waals surface area contributed by atoms with Gasteiger partial charge in [-0.25, -0.2) is 4.39 Å². The molecule has 0 spiro atoms. The lowest BCUT2D eigenvalue weighted by molar-refractivity contribution is 0.576. The van der Waals surface area contributed by atoms with E-state index in [0.717, 1.165) is 24.1 Å². The molecular weight excluding hydrogens is 253 g/mol. The molecule has 0 saturated carbocycles. The normalized spacial score (nSPS) is 20.2. The van der Waals surface area contributed by atoms with Crippen LogP contribution in [0.2, 0.25) is 5.02 Å². The van der Waals surface area contributed by atoms with E-state index in [1.807, 2.05) is 0 Å². The van der Waals surface area contributed by atoms with Crippen molar-refractivity contribution in [2.45, 2.75) is 19.4 Å². The third-order valence-electron chi connectivity index (χ3n) is 3.31. The topological polar surface area (TPSA) is 25.2 Å². The van der Waals surface area contributed by atoms with Crippen molar-refractivity contribution < 1.29 is 8.81 Å². The number of hydrogen-bond acceptors (Lipinski definition) is 2. The highest BCUT2D eigenvalue weighted by Crippen LogP contribution is 2.35. The fourth-order valence-electron chi connectivity index (χ4n) is 2.40. The van der Waals surface area contributed by atoms with E-state index in [0.29, 0.717) is 17.0 Å². The van der Waals surface area contributed by atoms with Gasteiger partial charge < -0.3 is 9.73 Å². The summed E-state index contributed by atoms with van der Waals surface area (Å²) >= 11 is 5.94. The van der Waals surface area contributed by atoms with Crippen molar-refractivity contribution >= 4 is 28.1 Å². The van der Waals surface area contributed by atoms with E-state index in [1.54, 1.807) is 12.3 Å². The largest absolute Gasteiger partial charge is 0.464 e. The van der Waals surface area contributed by atoms with Crippen LogP contribution >= 0.6 is 11.6 Å². The Labute approximate surface area is 109 Å². The summed E-state index contributed by atoms with van der Waals surface area (Å²) in [6.45, 7) is 2.90. The third kappa shape index (κ3) is 1.84. The third-order valence-corrected chi connectivity index (χ3v) is 3.70. The molecule has 2 aromatic rings. The highest BCUT2D eigenvalue weighted by Gasteiger charge is 2.19. The van der Waals surface area contributed by atoms with Crippen LogP contribution in [0.25, 0.3) is 16.5 Å². The van der Waals surface area contributed by atoms with Gasteiger partial charge in [0.15, 0.2) is 0 Å². The molecule has 1 atom stereocenters. The predicted molar refractivity (Wildman–Crippen MR) is 71.2 cm³/mol. The van der Waals surface area contributed by atoms with Gasteiger partial charge in [0.1, 0.15) is 11.4 Å². The average molecular weight is 266 g/mol. The van der Waals surface area contributed by atoms with Gasteiger partial charge in [-0.3, -0.25) is 0 Å². The van der Waals surface area contributed by atoms with Crippen LogP contribution in [0.5, 0.6) is 0 Å². The van der Waals surface area contributed by atoms with Gasteiger partial charge in [0.25, 0.3) is 0 Å². The molecule has 2 heterocycles. The Morgan fingerprint density at radius 1 is 1.50 bits per heavy atom. The van der Waals surface area contributed by atoms with Gasteiger partial charge >= 0.3 is 0 Å². The molecule has 3 rings (SSSR count). The van der Waals surface area contributed by atoms with Crippen LogP contribution in [0.4, 0.5) is 4.39 Å². The fourth-order valence-corrected chi connectivity index (χ4v) is 2.61. The van der Waals surface area contributed by atoms with Gasteiger partial charge in [-0.1, -0.05) is 17.7 Å². The summed E-state index contributed by atoms with van der Waals surface area (Å²) in [6.07, 6.45) is 4.48. The van der Waals surface area contributed by atoms with Gasteiger partial charge in [0, 0.05) is 23.5 Å². The maximum atomic E-state index is 13.8. The van der Waals surface area contributed by atoms with Crippen molar-refractivity contribution in [3.63, 3.8) is 0 Å². The van der Waals surface area contributed by atoms with Crippen molar-refractivity contribution in [3.8, 4) is 0 Å². The lowest BCUT2D eigenvalue weighted by atomic mass is 9.95. The number of fused-ring (bicyclic) bond motifs is 1. The summed E-state index contributed by atoms with van der Waals surface area (Å²) in [6, 6.07) is 3.56. The van der Waals surface area contributed by atoms with Crippen molar-refractivity contribution in [3.05, 3.63) is 40.9 Å². The molecule has 0 fully saturated rings. The van der Waals surface area contributed by atoms with Crippen molar-refractivity contribution in [2.24, 2.45) is 0 Å². The summed E-state index contributed by atoms with van der Waals surface area (Å²) in [5, 5.41) is 4.09. The summed E-state index contributed by atoms with van der Waals surface area (Å²) < 4.78 is 19.3. The fraction of sp³-hybridized carbons (Fsp3) is 0.286. The van der Waals surface area contributed by atoms with Gasteiger partial charge in [-0.2, -0.15) is 0 Å². The van der Waals surface area contributed by atoms with Gasteiger partial charge in [-0.05, 0) is 31.1 Å². The van der Waals surface area contributed by atoms with Gasteiger partial charge in [0.05, 0.1) is 11.3 Å². The quantitative estimate of drug-likeness (QED) is 0.843. The number of halogens is 2. The average Bonchev–Trinajstić information content (AvgIpc) is 2.83.